The molecule has 0 aromatic heterocycles. The first kappa shape index (κ1) is 33.9. The summed E-state index contributed by atoms with van der Waals surface area (Å²) in [7, 11) is 0. The summed E-state index contributed by atoms with van der Waals surface area (Å²) in [5.41, 5.74) is 21.5. The zero-order chi connectivity index (χ0) is 39.7. The van der Waals surface area contributed by atoms with Crippen LogP contribution in [0, 0.1) is 0 Å². The minimum absolute atomic E-state index is 0.0988. The van der Waals surface area contributed by atoms with Gasteiger partial charge in [0.15, 0.2) is 0 Å². The van der Waals surface area contributed by atoms with Gasteiger partial charge in [0, 0.05) is 10.8 Å². The van der Waals surface area contributed by atoms with Crippen LogP contribution in [-0.2, 0) is 17.3 Å². The molecule has 3 aliphatic rings. The average molecular weight is 763 g/mol. The Balaban J connectivity index is 1.11. The van der Waals surface area contributed by atoms with Gasteiger partial charge in [-0.3, -0.25) is 0 Å². The maximum atomic E-state index is 2.58. The van der Waals surface area contributed by atoms with Crippen molar-refractivity contribution in [2.24, 2.45) is 0 Å². The van der Waals surface area contributed by atoms with E-state index in [2.05, 4.69) is 208 Å². The molecule has 0 saturated heterocycles. The van der Waals surface area contributed by atoms with Gasteiger partial charge in [0.1, 0.15) is 0 Å². The van der Waals surface area contributed by atoms with Crippen molar-refractivity contribution in [3.8, 4) is 55.6 Å². The monoisotopic (exact) mass is 762 g/mol. The molecule has 0 saturated carbocycles. The normalized spacial score (nSPS) is 16.6. The van der Waals surface area contributed by atoms with Crippen LogP contribution in [0.5, 0.6) is 0 Å². The molecule has 0 fully saturated rings. The van der Waals surface area contributed by atoms with Crippen molar-refractivity contribution < 1.29 is 0 Å². The lowest BCUT2D eigenvalue weighted by atomic mass is 9.73. The van der Waals surface area contributed by atoms with E-state index in [1.807, 2.05) is 0 Å². The molecule has 0 nitrogen and oxygen atoms in total. The fraction of sp³-hybridized carbons (Fsp3) is 0.100. The van der Waals surface area contributed by atoms with E-state index in [-0.39, 0.29) is 10.8 Å². The SMILES string of the molecule is CC1(C)c2ccccc2-c2ccc(-c3c4ccccc4c(-c4ccc5c(c4)C4(CCc6ccccc64)c4ccccc4-5)c4ccc(-c5cccc6ccccc56)cc34)cc21. The highest BCUT2D eigenvalue weighted by Crippen LogP contribution is 2.59. The molecule has 10 aromatic rings. The quantitative estimate of drug-likeness (QED) is 0.157. The highest BCUT2D eigenvalue weighted by atomic mass is 14.5. The molecular weight excluding hydrogens is 721 g/mol. The Labute approximate surface area is 351 Å². The van der Waals surface area contributed by atoms with Gasteiger partial charge in [0.25, 0.3) is 0 Å². The van der Waals surface area contributed by atoms with Crippen LogP contribution < -0.4 is 0 Å². The molecule has 10 aromatic carbocycles. The lowest BCUT2D eigenvalue weighted by Crippen LogP contribution is -2.23. The summed E-state index contributed by atoms with van der Waals surface area (Å²) < 4.78 is 0. The fourth-order valence-corrected chi connectivity index (χ4v) is 12.0. The van der Waals surface area contributed by atoms with Crippen LogP contribution in [0.3, 0.4) is 0 Å². The van der Waals surface area contributed by atoms with Gasteiger partial charge in [-0.15, -0.1) is 0 Å². The second-order valence-electron chi connectivity index (χ2n) is 17.9. The Kier molecular flexibility index (Phi) is 6.93. The van der Waals surface area contributed by atoms with E-state index < -0.39 is 0 Å². The summed E-state index contributed by atoms with van der Waals surface area (Å²) >= 11 is 0. The molecule has 1 spiro atoms. The predicted octanol–water partition coefficient (Wildman–Crippen LogP) is 15.7. The lowest BCUT2D eigenvalue weighted by Gasteiger charge is -2.29. The predicted molar refractivity (Wildman–Crippen MR) is 253 cm³/mol. The highest BCUT2D eigenvalue weighted by Gasteiger charge is 2.48. The summed E-state index contributed by atoms with van der Waals surface area (Å²) in [6.07, 6.45) is 2.18. The van der Waals surface area contributed by atoms with Gasteiger partial charge in [-0.1, -0.05) is 190 Å². The van der Waals surface area contributed by atoms with Crippen LogP contribution in [0.4, 0.5) is 0 Å². The van der Waals surface area contributed by atoms with Crippen LogP contribution in [-0.4, -0.2) is 0 Å². The van der Waals surface area contributed by atoms with Crippen LogP contribution in [0.15, 0.2) is 194 Å². The van der Waals surface area contributed by atoms with E-state index in [9.17, 15) is 0 Å². The van der Waals surface area contributed by atoms with Gasteiger partial charge in [0.05, 0.1) is 0 Å². The van der Waals surface area contributed by atoms with Crippen molar-refractivity contribution >= 4 is 32.3 Å². The Morgan fingerprint density at radius 2 is 0.850 bits per heavy atom. The molecule has 60 heavy (non-hydrogen) atoms. The van der Waals surface area contributed by atoms with E-state index in [0.717, 1.165) is 12.8 Å². The third-order valence-electron chi connectivity index (χ3n) is 14.7. The molecule has 0 radical (unpaired) electrons. The molecule has 13 rings (SSSR count). The summed E-state index contributed by atoms with van der Waals surface area (Å²) in [6, 6.07) is 74.0. The smallest absolute Gasteiger partial charge is 0.0469 e. The molecule has 0 aliphatic heterocycles. The first-order chi connectivity index (χ1) is 29.5. The molecule has 1 unspecified atom stereocenters. The van der Waals surface area contributed by atoms with E-state index >= 15 is 0 Å². The van der Waals surface area contributed by atoms with Crippen LogP contribution in [0.1, 0.15) is 53.6 Å². The van der Waals surface area contributed by atoms with E-state index in [1.165, 1.54) is 121 Å². The van der Waals surface area contributed by atoms with Crippen molar-refractivity contribution in [3.05, 3.63) is 228 Å². The number of rotatable bonds is 3. The Morgan fingerprint density at radius 3 is 1.63 bits per heavy atom. The molecular formula is C60H42. The maximum Gasteiger partial charge on any atom is 0.0469 e. The number of hydrogen-bond donors (Lipinski definition) is 0. The molecule has 0 heteroatoms. The second kappa shape index (κ2) is 12.3. The van der Waals surface area contributed by atoms with Gasteiger partial charge >= 0.3 is 0 Å². The van der Waals surface area contributed by atoms with Crippen molar-refractivity contribution in [1.82, 2.24) is 0 Å². The van der Waals surface area contributed by atoms with Gasteiger partial charge < -0.3 is 0 Å². The summed E-state index contributed by atoms with van der Waals surface area (Å²) in [5, 5.41) is 7.68. The molecule has 282 valence electrons. The molecule has 0 bridgehead atoms. The van der Waals surface area contributed by atoms with Gasteiger partial charge in [-0.25, -0.2) is 0 Å². The van der Waals surface area contributed by atoms with Gasteiger partial charge in [0.2, 0.25) is 0 Å². The Hall–Kier alpha value is -7.02. The van der Waals surface area contributed by atoms with Crippen molar-refractivity contribution in [1.29, 1.82) is 0 Å². The Bertz CT molecular complexity index is 3460. The number of fused-ring (bicyclic) bond motifs is 13. The van der Waals surface area contributed by atoms with Gasteiger partial charge in [-0.2, -0.15) is 0 Å². The highest BCUT2D eigenvalue weighted by molar-refractivity contribution is 6.22. The van der Waals surface area contributed by atoms with Crippen molar-refractivity contribution in [3.63, 3.8) is 0 Å². The number of hydrogen-bond acceptors (Lipinski definition) is 0. The molecule has 0 amide bonds. The van der Waals surface area contributed by atoms with E-state index in [4.69, 9.17) is 0 Å². The van der Waals surface area contributed by atoms with Crippen LogP contribution >= 0.6 is 0 Å². The summed E-state index contributed by atoms with van der Waals surface area (Å²) in [4.78, 5) is 0. The molecule has 1 atom stereocenters. The minimum Gasteiger partial charge on any atom is -0.0620 e. The van der Waals surface area contributed by atoms with Crippen molar-refractivity contribution in [2.45, 2.75) is 37.5 Å². The van der Waals surface area contributed by atoms with Gasteiger partial charge in [-0.05, 0) is 152 Å². The Morgan fingerprint density at radius 1 is 0.333 bits per heavy atom. The maximum absolute atomic E-state index is 2.58. The molecule has 0 heterocycles. The topological polar surface area (TPSA) is 0 Å². The zero-order valence-electron chi connectivity index (χ0n) is 33.9. The number of benzene rings is 10. The second-order valence-corrected chi connectivity index (χ2v) is 17.9. The van der Waals surface area contributed by atoms with Crippen molar-refractivity contribution in [2.75, 3.05) is 0 Å². The molecule has 0 N–H and O–H groups in total. The first-order valence-electron chi connectivity index (χ1n) is 21.6. The minimum atomic E-state index is -0.152. The molecule has 3 aliphatic carbocycles. The van der Waals surface area contributed by atoms with Crippen LogP contribution in [0.25, 0.3) is 88.0 Å². The summed E-state index contributed by atoms with van der Waals surface area (Å²) in [6.45, 7) is 4.78. The first-order valence-corrected chi connectivity index (χ1v) is 21.6. The average Bonchev–Trinajstić information content (AvgIpc) is 3.90. The zero-order valence-corrected chi connectivity index (χ0v) is 33.9. The third-order valence-corrected chi connectivity index (χ3v) is 14.7. The van der Waals surface area contributed by atoms with E-state index in [1.54, 1.807) is 0 Å². The standard InChI is InChI=1S/C60H42/c1-59(2)53-24-11-8-18-44(53)46-29-27-40(35-55(46)59)58-49-21-7-6-20-48(49)57(50-31-26-39(34-51(50)58)43-22-13-16-37-14-3-5-17-42(37)43)41-28-30-47-45-19-9-12-25-54(45)60(56(47)36-41)33-32-38-15-4-10-23-52(38)60/h3-31,34-36H,32-33H2,1-2H3. The third kappa shape index (κ3) is 4.46. The fourth-order valence-electron chi connectivity index (χ4n) is 12.0. The number of aryl methyl sites for hydroxylation is 1. The van der Waals surface area contributed by atoms with E-state index in [0.29, 0.717) is 0 Å². The van der Waals surface area contributed by atoms with Crippen LogP contribution in [0.2, 0.25) is 0 Å². The lowest BCUT2D eigenvalue weighted by molar-refractivity contribution is 0.626. The summed E-state index contributed by atoms with van der Waals surface area (Å²) in [5.74, 6) is 0. The largest absolute Gasteiger partial charge is 0.0620 e.